The van der Waals surface area contributed by atoms with Crippen LogP contribution in [0.15, 0.2) is 47.4 Å². The molecule has 168 valence electrons. The number of carbonyl (C=O) groups is 1. The van der Waals surface area contributed by atoms with E-state index in [2.05, 4.69) is 0 Å². The molecule has 2 aromatic rings. The number of nitrogens with zero attached hydrogens (tertiary/aromatic N) is 2. The number of hydrogen-bond donors (Lipinski definition) is 0. The third-order valence-electron chi connectivity index (χ3n) is 4.97. The Kier molecular flexibility index (Phi) is 6.46. The Balaban J connectivity index is 1.80. The molecule has 0 bridgehead atoms. The molecule has 0 radical (unpaired) electrons. The molecule has 31 heavy (non-hydrogen) atoms. The summed E-state index contributed by atoms with van der Waals surface area (Å²) in [5.74, 6) is 0.242. The summed E-state index contributed by atoms with van der Waals surface area (Å²) in [4.78, 5) is 13.6. The van der Waals surface area contributed by atoms with Gasteiger partial charge in [0.1, 0.15) is 0 Å². The lowest BCUT2D eigenvalue weighted by atomic mass is 10.1. The SMILES string of the molecule is COc1cccc(C(=O)N2CCN(S(=O)(=O)c3ccccc3C(F)(F)F)CC2)c1OC. The molecule has 2 aromatic carbocycles. The van der Waals surface area contributed by atoms with Gasteiger partial charge in [-0.05, 0) is 24.3 Å². The smallest absolute Gasteiger partial charge is 0.417 e. The van der Waals surface area contributed by atoms with Crippen LogP contribution in [0.3, 0.4) is 0 Å². The zero-order chi connectivity index (χ0) is 22.8. The van der Waals surface area contributed by atoms with Gasteiger partial charge < -0.3 is 14.4 Å². The van der Waals surface area contributed by atoms with Crippen molar-refractivity contribution >= 4 is 15.9 Å². The number of rotatable bonds is 5. The molecule has 1 heterocycles. The molecule has 0 N–H and O–H groups in total. The second kappa shape index (κ2) is 8.75. The number of sulfonamides is 1. The molecule has 0 unspecified atom stereocenters. The van der Waals surface area contributed by atoms with E-state index >= 15 is 0 Å². The number of piperazine rings is 1. The van der Waals surface area contributed by atoms with E-state index in [1.54, 1.807) is 18.2 Å². The summed E-state index contributed by atoms with van der Waals surface area (Å²) in [5, 5.41) is 0. The molecule has 0 atom stereocenters. The highest BCUT2D eigenvalue weighted by Crippen LogP contribution is 2.36. The summed E-state index contributed by atoms with van der Waals surface area (Å²) >= 11 is 0. The monoisotopic (exact) mass is 458 g/mol. The quantitative estimate of drug-likeness (QED) is 0.689. The molecule has 0 aromatic heterocycles. The van der Waals surface area contributed by atoms with Crippen LogP contribution < -0.4 is 9.47 Å². The number of methoxy groups -OCH3 is 2. The zero-order valence-electron chi connectivity index (χ0n) is 16.8. The number of benzene rings is 2. The Labute approximate surface area is 178 Å². The first-order valence-corrected chi connectivity index (χ1v) is 10.7. The summed E-state index contributed by atoms with van der Waals surface area (Å²) in [6.45, 7) is -0.224. The maximum Gasteiger partial charge on any atom is 0.417 e. The van der Waals surface area contributed by atoms with E-state index in [1.165, 1.54) is 25.2 Å². The van der Waals surface area contributed by atoms with E-state index in [0.717, 1.165) is 22.5 Å². The van der Waals surface area contributed by atoms with Gasteiger partial charge in [-0.3, -0.25) is 4.79 Å². The van der Waals surface area contributed by atoms with Crippen molar-refractivity contribution in [1.82, 2.24) is 9.21 Å². The standard InChI is InChI=1S/C20H21F3N2O5S/c1-29-16-8-5-6-14(18(16)30-2)19(26)24-10-12-25(13-11-24)31(27,28)17-9-4-3-7-15(17)20(21,22)23/h3-9H,10-13H2,1-2H3. The second-order valence-corrected chi connectivity index (χ2v) is 8.64. The van der Waals surface area contributed by atoms with Crippen LogP contribution in [0.1, 0.15) is 15.9 Å². The Morgan fingerprint density at radius 3 is 2.16 bits per heavy atom. The van der Waals surface area contributed by atoms with Crippen molar-refractivity contribution in [2.75, 3.05) is 40.4 Å². The zero-order valence-corrected chi connectivity index (χ0v) is 17.7. The first-order chi connectivity index (χ1) is 14.6. The van der Waals surface area contributed by atoms with E-state index in [0.29, 0.717) is 5.75 Å². The molecule has 7 nitrogen and oxygen atoms in total. The van der Waals surface area contributed by atoms with E-state index in [-0.39, 0.29) is 43.4 Å². The normalized spacial score (nSPS) is 15.6. The second-order valence-electron chi connectivity index (χ2n) is 6.73. The predicted molar refractivity (Wildman–Crippen MR) is 106 cm³/mol. The van der Waals surface area contributed by atoms with E-state index in [1.807, 2.05) is 0 Å². The highest BCUT2D eigenvalue weighted by molar-refractivity contribution is 7.89. The summed E-state index contributed by atoms with van der Waals surface area (Å²) < 4.78 is 77.0. The number of ether oxygens (including phenoxy) is 2. The van der Waals surface area contributed by atoms with E-state index < -0.39 is 26.7 Å². The maximum atomic E-state index is 13.3. The molecule has 0 saturated carbocycles. The van der Waals surface area contributed by atoms with Crippen LogP contribution in [-0.2, 0) is 16.2 Å². The van der Waals surface area contributed by atoms with Gasteiger partial charge in [-0.2, -0.15) is 17.5 Å². The minimum Gasteiger partial charge on any atom is -0.493 e. The lowest BCUT2D eigenvalue weighted by Crippen LogP contribution is -2.50. The molecule has 3 rings (SSSR count). The Morgan fingerprint density at radius 1 is 0.935 bits per heavy atom. The van der Waals surface area contributed by atoms with Crippen molar-refractivity contribution < 1.29 is 35.9 Å². The van der Waals surface area contributed by atoms with Gasteiger partial charge in [0.25, 0.3) is 5.91 Å². The Morgan fingerprint density at radius 2 is 1.58 bits per heavy atom. The van der Waals surface area contributed by atoms with Crippen LogP contribution >= 0.6 is 0 Å². The number of hydrogen-bond acceptors (Lipinski definition) is 5. The molecule has 1 saturated heterocycles. The third kappa shape index (κ3) is 4.47. The molecular weight excluding hydrogens is 437 g/mol. The molecule has 1 amide bonds. The van der Waals surface area contributed by atoms with Gasteiger partial charge in [-0.15, -0.1) is 0 Å². The van der Waals surface area contributed by atoms with Crippen molar-refractivity contribution in [1.29, 1.82) is 0 Å². The first kappa shape index (κ1) is 22.9. The number of para-hydroxylation sites is 1. The van der Waals surface area contributed by atoms with Crippen molar-refractivity contribution in [3.8, 4) is 11.5 Å². The van der Waals surface area contributed by atoms with Crippen molar-refractivity contribution in [3.63, 3.8) is 0 Å². The molecule has 11 heteroatoms. The summed E-state index contributed by atoms with van der Waals surface area (Å²) in [6, 6.07) is 8.89. The van der Waals surface area contributed by atoms with Gasteiger partial charge >= 0.3 is 6.18 Å². The van der Waals surface area contributed by atoms with Crippen molar-refractivity contribution in [2.45, 2.75) is 11.1 Å². The molecule has 1 fully saturated rings. The highest BCUT2D eigenvalue weighted by Gasteiger charge is 2.40. The first-order valence-electron chi connectivity index (χ1n) is 9.28. The third-order valence-corrected chi connectivity index (χ3v) is 6.93. The van der Waals surface area contributed by atoms with Gasteiger partial charge in [0.2, 0.25) is 10.0 Å². The molecule has 1 aliphatic rings. The summed E-state index contributed by atoms with van der Waals surface area (Å²) in [7, 11) is -1.54. The van der Waals surface area contributed by atoms with Crippen LogP contribution in [0.5, 0.6) is 11.5 Å². The average Bonchev–Trinajstić information content (AvgIpc) is 2.77. The topological polar surface area (TPSA) is 76.2 Å². The minimum absolute atomic E-state index is 0.0204. The van der Waals surface area contributed by atoms with Crippen LogP contribution in [0.2, 0.25) is 0 Å². The number of carbonyl (C=O) groups excluding carboxylic acids is 1. The van der Waals surface area contributed by atoms with E-state index in [9.17, 15) is 26.4 Å². The lowest BCUT2D eigenvalue weighted by Gasteiger charge is -2.34. The van der Waals surface area contributed by atoms with Gasteiger partial charge in [0, 0.05) is 26.2 Å². The molecule has 0 aliphatic carbocycles. The fraction of sp³-hybridized carbons (Fsp3) is 0.350. The van der Waals surface area contributed by atoms with Crippen LogP contribution in [0.4, 0.5) is 13.2 Å². The summed E-state index contributed by atoms with van der Waals surface area (Å²) in [6.07, 6.45) is -4.80. The molecule has 0 spiro atoms. The van der Waals surface area contributed by atoms with E-state index in [4.69, 9.17) is 9.47 Å². The Hall–Kier alpha value is -2.79. The summed E-state index contributed by atoms with van der Waals surface area (Å²) in [5.41, 5.74) is -0.963. The lowest BCUT2D eigenvalue weighted by molar-refractivity contribution is -0.139. The van der Waals surface area contributed by atoms with Gasteiger partial charge in [0.15, 0.2) is 11.5 Å². The fourth-order valence-corrected chi connectivity index (χ4v) is 5.06. The Bertz CT molecular complexity index is 1060. The largest absolute Gasteiger partial charge is 0.493 e. The number of alkyl halides is 3. The minimum atomic E-state index is -4.80. The fourth-order valence-electron chi connectivity index (χ4n) is 3.42. The van der Waals surface area contributed by atoms with Gasteiger partial charge in [-0.25, -0.2) is 8.42 Å². The number of halogens is 3. The van der Waals surface area contributed by atoms with Crippen LogP contribution in [-0.4, -0.2) is 63.9 Å². The van der Waals surface area contributed by atoms with Gasteiger partial charge in [0.05, 0.1) is 30.2 Å². The molecular formula is C20H21F3N2O5S. The maximum absolute atomic E-state index is 13.3. The predicted octanol–water partition coefficient (Wildman–Crippen LogP) is 2.87. The van der Waals surface area contributed by atoms with Gasteiger partial charge in [-0.1, -0.05) is 18.2 Å². The van der Waals surface area contributed by atoms with Crippen LogP contribution in [0.25, 0.3) is 0 Å². The average molecular weight is 458 g/mol. The number of amides is 1. The van der Waals surface area contributed by atoms with Crippen molar-refractivity contribution in [2.24, 2.45) is 0 Å². The van der Waals surface area contributed by atoms with Crippen LogP contribution in [0, 0.1) is 0 Å². The highest BCUT2D eigenvalue weighted by atomic mass is 32.2. The van der Waals surface area contributed by atoms with Crippen molar-refractivity contribution in [3.05, 3.63) is 53.6 Å². The molecule has 1 aliphatic heterocycles.